The highest BCUT2D eigenvalue weighted by Crippen LogP contribution is 2.60. The topological polar surface area (TPSA) is 0 Å². The molecule has 0 fully saturated rings. The van der Waals surface area contributed by atoms with Crippen LogP contribution >= 0.6 is 23.2 Å². The van der Waals surface area contributed by atoms with Crippen molar-refractivity contribution in [2.24, 2.45) is 11.8 Å². The van der Waals surface area contributed by atoms with Crippen LogP contribution in [0.1, 0.15) is 50.7 Å². The van der Waals surface area contributed by atoms with Crippen LogP contribution in [-0.2, 0) is 0 Å². The van der Waals surface area contributed by atoms with Crippen LogP contribution in [0.5, 0.6) is 0 Å². The Hall–Kier alpha value is -2.84. The first-order valence-electron chi connectivity index (χ1n) is 15.7. The van der Waals surface area contributed by atoms with E-state index in [2.05, 4.69) is 126 Å². The summed E-state index contributed by atoms with van der Waals surface area (Å²) in [5.41, 5.74) is 12.6. The van der Waals surface area contributed by atoms with E-state index >= 15 is 0 Å². The Balaban J connectivity index is 1.49. The van der Waals surface area contributed by atoms with Crippen molar-refractivity contribution < 1.29 is 0 Å². The van der Waals surface area contributed by atoms with Crippen molar-refractivity contribution in [3.05, 3.63) is 164 Å². The van der Waals surface area contributed by atoms with Gasteiger partial charge in [0.05, 0.1) is 8.07 Å². The number of hydrogen-bond donors (Lipinski definition) is 0. The molecule has 0 amide bonds. The summed E-state index contributed by atoms with van der Waals surface area (Å²) in [5.74, 6) is 1.39. The van der Waals surface area contributed by atoms with Gasteiger partial charge in [-0.1, -0.05) is 160 Å². The summed E-state index contributed by atoms with van der Waals surface area (Å²) in [6.45, 7) is 14.9. The lowest BCUT2D eigenvalue weighted by atomic mass is 9.89. The summed E-state index contributed by atoms with van der Waals surface area (Å²) >= 11 is 12.6. The van der Waals surface area contributed by atoms with Crippen molar-refractivity contribution in [1.82, 2.24) is 0 Å². The van der Waals surface area contributed by atoms with E-state index in [1.165, 1.54) is 33.4 Å². The molecule has 3 heteroatoms. The first kappa shape index (κ1) is 30.2. The van der Waals surface area contributed by atoms with Crippen LogP contribution in [0.2, 0.25) is 34.2 Å². The molecule has 0 nitrogen and oxygen atoms in total. The van der Waals surface area contributed by atoms with Gasteiger partial charge in [0.15, 0.2) is 0 Å². The monoisotopic (exact) mass is 620 g/mol. The largest absolute Gasteiger partial charge is 0.0843 e. The molecule has 0 radical (unpaired) electrons. The zero-order chi connectivity index (χ0) is 30.5. The zero-order valence-electron chi connectivity index (χ0n) is 26.1. The fourth-order valence-corrected chi connectivity index (χ4v) is 13.2. The minimum Gasteiger partial charge on any atom is -0.0843 e. The van der Waals surface area contributed by atoms with E-state index in [-0.39, 0.29) is 11.8 Å². The average Bonchev–Trinajstić information content (AvgIpc) is 3.41. The van der Waals surface area contributed by atoms with Crippen LogP contribution in [0.3, 0.4) is 0 Å². The molecule has 0 spiro atoms. The first-order chi connectivity index (χ1) is 20.6. The molecule has 4 unspecified atom stereocenters. The number of allylic oxidation sites excluding steroid dienone is 16. The summed E-state index contributed by atoms with van der Waals surface area (Å²) in [6, 6.07) is 16.9. The van der Waals surface area contributed by atoms with Gasteiger partial charge in [0, 0.05) is 33.0 Å². The Morgan fingerprint density at radius 1 is 0.535 bits per heavy atom. The summed E-state index contributed by atoms with van der Waals surface area (Å²) in [6.07, 6.45) is 23.7. The predicted molar refractivity (Wildman–Crippen MR) is 190 cm³/mol. The zero-order valence-corrected chi connectivity index (χ0v) is 28.6. The third-order valence-electron chi connectivity index (χ3n) is 9.93. The average molecular weight is 622 g/mol. The maximum atomic E-state index is 6.30. The molecule has 4 aliphatic carbocycles. The number of rotatable bonds is 6. The third kappa shape index (κ3) is 5.50. The molecule has 6 rings (SSSR count). The fourth-order valence-electron chi connectivity index (χ4n) is 7.93. The van der Waals surface area contributed by atoms with Gasteiger partial charge in [-0.05, 0) is 69.5 Å². The minimum atomic E-state index is -2.08. The second-order valence-corrected chi connectivity index (χ2v) is 19.3. The van der Waals surface area contributed by atoms with E-state index in [4.69, 9.17) is 23.2 Å². The molecule has 0 aliphatic heterocycles. The molecule has 0 bridgehead atoms. The smallest absolute Gasteiger partial charge is 0.0722 e. The summed E-state index contributed by atoms with van der Waals surface area (Å²) in [5, 5.41) is 1.57. The highest BCUT2D eigenvalue weighted by molar-refractivity contribution is 6.83. The molecule has 0 aromatic heterocycles. The van der Waals surface area contributed by atoms with E-state index in [0.717, 1.165) is 10.0 Å². The van der Waals surface area contributed by atoms with Crippen LogP contribution < -0.4 is 0 Å². The summed E-state index contributed by atoms with van der Waals surface area (Å²) < 4.78 is 0. The molecule has 2 aromatic carbocycles. The van der Waals surface area contributed by atoms with Gasteiger partial charge in [-0.2, -0.15) is 0 Å². The Kier molecular flexibility index (Phi) is 8.37. The van der Waals surface area contributed by atoms with Gasteiger partial charge in [0.1, 0.15) is 0 Å². The van der Waals surface area contributed by atoms with E-state index in [1.807, 2.05) is 24.3 Å². The van der Waals surface area contributed by atoms with Gasteiger partial charge in [0.2, 0.25) is 0 Å². The van der Waals surface area contributed by atoms with Gasteiger partial charge in [0.25, 0.3) is 0 Å². The van der Waals surface area contributed by atoms with Gasteiger partial charge in [-0.3, -0.25) is 0 Å². The summed E-state index contributed by atoms with van der Waals surface area (Å²) in [4.78, 5) is 0. The Morgan fingerprint density at radius 2 is 0.907 bits per heavy atom. The second kappa shape index (κ2) is 11.9. The maximum absolute atomic E-state index is 6.30. The highest BCUT2D eigenvalue weighted by Gasteiger charge is 2.50. The number of halogens is 2. The quantitative estimate of drug-likeness (QED) is 0.282. The molecule has 2 aromatic rings. The van der Waals surface area contributed by atoms with E-state index in [0.29, 0.717) is 22.9 Å². The van der Waals surface area contributed by atoms with Crippen molar-refractivity contribution in [2.45, 2.75) is 63.7 Å². The van der Waals surface area contributed by atoms with Crippen LogP contribution in [-0.4, -0.2) is 8.07 Å². The first-order valence-corrected chi connectivity index (χ1v) is 19.6. The normalized spacial score (nSPS) is 24.9. The van der Waals surface area contributed by atoms with E-state index < -0.39 is 8.07 Å². The van der Waals surface area contributed by atoms with Crippen LogP contribution in [0.15, 0.2) is 143 Å². The van der Waals surface area contributed by atoms with Gasteiger partial charge < -0.3 is 0 Å². The molecule has 0 N–H and O–H groups in total. The molecule has 0 heterocycles. The molecular formula is C40H42Cl2Si. The summed E-state index contributed by atoms with van der Waals surface area (Å²) in [7, 11) is -2.08. The Labute approximate surface area is 269 Å². The maximum Gasteiger partial charge on any atom is 0.0722 e. The Bertz CT molecular complexity index is 1530. The Morgan fingerprint density at radius 3 is 1.26 bits per heavy atom. The van der Waals surface area contributed by atoms with Crippen molar-refractivity contribution in [1.29, 1.82) is 0 Å². The van der Waals surface area contributed by atoms with Crippen molar-refractivity contribution >= 4 is 31.3 Å². The van der Waals surface area contributed by atoms with Crippen molar-refractivity contribution in [2.75, 3.05) is 0 Å². The lowest BCUT2D eigenvalue weighted by Crippen LogP contribution is -2.41. The lowest BCUT2D eigenvalue weighted by molar-refractivity contribution is 0.718. The molecule has 220 valence electrons. The van der Waals surface area contributed by atoms with Crippen LogP contribution in [0.25, 0.3) is 0 Å². The second-order valence-electron chi connectivity index (χ2n) is 13.7. The molecular weight excluding hydrogens is 579 g/mol. The molecule has 0 saturated carbocycles. The SMILES string of the molecule is CC(C)C1=CC2=C(C=CC=CC2c2ccc(Cl)cc2)C1[Si](C)(C)C1C(C(C)C)=CC2=C1C=CC=CC2c1ccc(Cl)cc1. The van der Waals surface area contributed by atoms with Gasteiger partial charge in [-0.15, -0.1) is 0 Å². The van der Waals surface area contributed by atoms with Gasteiger partial charge >= 0.3 is 0 Å². The highest BCUT2D eigenvalue weighted by atomic mass is 35.5. The fraction of sp³-hybridized carbons (Fsp3) is 0.300. The molecule has 4 atom stereocenters. The molecule has 0 saturated heterocycles. The van der Waals surface area contributed by atoms with Crippen molar-refractivity contribution in [3.8, 4) is 0 Å². The van der Waals surface area contributed by atoms with Crippen LogP contribution in [0.4, 0.5) is 0 Å². The van der Waals surface area contributed by atoms with Crippen LogP contribution in [0, 0.1) is 11.8 Å². The number of hydrogen-bond acceptors (Lipinski definition) is 0. The standard InChI is InChI=1S/C40H42Cl2Si/c1-25(2)35-23-37-31(27-15-19-29(41)20-16-27)11-7-9-13-33(37)39(35)43(5,6)40-34-14-10-8-12-32(28-17-21-30(42)22-18-28)38(34)24-36(40)26(3)4/h7-26,31-32,39-40H,1-6H3. The lowest BCUT2D eigenvalue weighted by Gasteiger charge is -2.42. The van der Waals surface area contributed by atoms with E-state index in [1.54, 1.807) is 11.1 Å². The van der Waals surface area contributed by atoms with Crippen molar-refractivity contribution in [3.63, 3.8) is 0 Å². The molecule has 4 aliphatic rings. The molecule has 43 heavy (non-hydrogen) atoms. The van der Waals surface area contributed by atoms with Gasteiger partial charge in [-0.25, -0.2) is 0 Å². The number of benzene rings is 2. The third-order valence-corrected chi connectivity index (χ3v) is 14.7. The predicted octanol–water partition coefficient (Wildman–Crippen LogP) is 12.3. The van der Waals surface area contributed by atoms with E-state index in [9.17, 15) is 0 Å². The minimum absolute atomic E-state index is 0.223.